The average molecular weight is 491 g/mol. The number of benzene rings is 2. The van der Waals surface area contributed by atoms with Crippen molar-refractivity contribution >= 4 is 39.1 Å². The van der Waals surface area contributed by atoms with Crippen LogP contribution in [0.3, 0.4) is 0 Å². The van der Waals surface area contributed by atoms with Crippen LogP contribution in [0.2, 0.25) is 0 Å². The maximum absolute atomic E-state index is 13.2. The van der Waals surface area contributed by atoms with Crippen LogP contribution in [-0.2, 0) is 9.63 Å². The number of thiazole rings is 1. The first kappa shape index (κ1) is 22.6. The number of nitrogens with one attached hydrogen (secondary N) is 2. The Bertz CT molecular complexity index is 1310. The van der Waals surface area contributed by atoms with E-state index in [0.717, 1.165) is 35.8 Å². The summed E-state index contributed by atoms with van der Waals surface area (Å²) in [5.41, 5.74) is 1.32. The van der Waals surface area contributed by atoms with E-state index in [-0.39, 0.29) is 22.0 Å². The largest absolute Gasteiger partial charge is 0.493 e. The molecule has 0 saturated heterocycles. The van der Waals surface area contributed by atoms with Gasteiger partial charge >= 0.3 is 17.0 Å². The van der Waals surface area contributed by atoms with E-state index in [9.17, 15) is 27.6 Å². The van der Waals surface area contributed by atoms with E-state index < -0.39 is 18.1 Å². The highest BCUT2D eigenvalue weighted by molar-refractivity contribution is 7.16. The summed E-state index contributed by atoms with van der Waals surface area (Å²) in [7, 11) is 0. The average Bonchev–Trinajstić information content (AvgIpc) is 3.71. The number of anilines is 1. The maximum Gasteiger partial charge on any atom is 0.493 e. The van der Waals surface area contributed by atoms with Crippen LogP contribution in [-0.4, -0.2) is 35.6 Å². The first-order valence-corrected chi connectivity index (χ1v) is 11.6. The molecule has 1 aromatic heterocycles. The molecule has 2 atom stereocenters. The molecule has 11 heteroatoms. The Labute approximate surface area is 195 Å². The third kappa shape index (κ3) is 4.85. The zero-order chi connectivity index (χ0) is 24.0. The number of carbonyl (C=O) groups excluding carboxylic acids is 2. The maximum atomic E-state index is 13.2. The molecule has 2 aliphatic carbocycles. The zero-order valence-electron chi connectivity index (χ0n) is 17.7. The zero-order valence-corrected chi connectivity index (χ0v) is 18.5. The van der Waals surface area contributed by atoms with Gasteiger partial charge < -0.3 is 15.1 Å². The van der Waals surface area contributed by atoms with Crippen LogP contribution in [0.15, 0.2) is 47.3 Å². The van der Waals surface area contributed by atoms with Gasteiger partial charge in [-0.1, -0.05) is 23.5 Å². The summed E-state index contributed by atoms with van der Waals surface area (Å²) in [5.74, 6) is -2.50. The van der Waals surface area contributed by atoms with Gasteiger partial charge in [0.1, 0.15) is 0 Å². The highest BCUT2D eigenvalue weighted by Crippen LogP contribution is 2.42. The van der Waals surface area contributed by atoms with Gasteiger partial charge in [0.25, 0.3) is 5.91 Å². The van der Waals surface area contributed by atoms with Gasteiger partial charge in [-0.3, -0.25) is 9.59 Å². The Morgan fingerprint density at radius 1 is 1.18 bits per heavy atom. The van der Waals surface area contributed by atoms with E-state index in [1.54, 1.807) is 12.1 Å². The number of hydroxylamine groups is 1. The number of alkyl halides is 3. The number of halogens is 3. The minimum absolute atomic E-state index is 0.0858. The number of aromatic nitrogens is 1. The van der Waals surface area contributed by atoms with Crippen LogP contribution in [0.25, 0.3) is 10.2 Å². The third-order valence-electron chi connectivity index (χ3n) is 5.95. The van der Waals surface area contributed by atoms with Gasteiger partial charge in [-0.2, -0.15) is 13.2 Å². The number of nitrogens with zero attached hydrogens (tertiary/aromatic N) is 1. The molecule has 34 heavy (non-hydrogen) atoms. The van der Waals surface area contributed by atoms with Gasteiger partial charge in [0, 0.05) is 17.5 Å². The minimum atomic E-state index is -5.29. The standard InChI is InChI=1S/C23H20F3N3O4S/c24-23(25,26)21(31)33-29(15-6-7-17-19(9-15)34-22(32)28-17)20(30)14-3-1-2-13(8-14)16-10-18(16)27-11-12-4-5-12/h1-3,6-9,12,16,18,27H,4-5,10-11H2,(H,28,32). The van der Waals surface area contributed by atoms with Crippen LogP contribution in [0, 0.1) is 5.92 Å². The second kappa shape index (κ2) is 8.55. The van der Waals surface area contributed by atoms with Crippen molar-refractivity contribution in [2.75, 3.05) is 11.6 Å². The van der Waals surface area contributed by atoms with Crippen molar-refractivity contribution in [3.8, 4) is 0 Å². The molecule has 0 spiro atoms. The first-order chi connectivity index (χ1) is 16.2. The lowest BCUT2D eigenvalue weighted by Gasteiger charge is -2.22. The fourth-order valence-corrected chi connectivity index (χ4v) is 4.62. The lowest BCUT2D eigenvalue weighted by molar-refractivity contribution is -0.199. The number of carbonyl (C=O) groups is 2. The molecule has 2 saturated carbocycles. The van der Waals surface area contributed by atoms with Crippen molar-refractivity contribution in [1.82, 2.24) is 10.3 Å². The number of amides is 1. The van der Waals surface area contributed by atoms with Crippen LogP contribution < -0.4 is 15.3 Å². The van der Waals surface area contributed by atoms with Crippen LogP contribution in [0.5, 0.6) is 0 Å². The fraction of sp³-hybridized carbons (Fsp3) is 0.348. The molecule has 2 aliphatic rings. The van der Waals surface area contributed by atoms with Crippen molar-refractivity contribution < 1.29 is 27.6 Å². The van der Waals surface area contributed by atoms with E-state index in [0.29, 0.717) is 21.3 Å². The molecule has 1 amide bonds. The fourth-order valence-electron chi connectivity index (χ4n) is 3.86. The Morgan fingerprint density at radius 3 is 2.71 bits per heavy atom. The SMILES string of the molecule is O=C(c1cccc(C2CC2NCC2CC2)c1)N(OC(=O)C(F)(F)F)c1ccc2[nH]c(=O)sc2c1. The van der Waals surface area contributed by atoms with Gasteiger partial charge in [0.15, 0.2) is 0 Å². The van der Waals surface area contributed by atoms with Crippen molar-refractivity contribution in [3.63, 3.8) is 0 Å². The van der Waals surface area contributed by atoms with Crippen molar-refractivity contribution in [3.05, 3.63) is 63.3 Å². The molecule has 0 radical (unpaired) electrons. The lowest BCUT2D eigenvalue weighted by atomic mass is 10.1. The number of fused-ring (bicyclic) bond motifs is 1. The van der Waals surface area contributed by atoms with Crippen molar-refractivity contribution in [2.24, 2.45) is 5.92 Å². The Hall–Kier alpha value is -3.18. The number of rotatable bonds is 6. The second-order valence-corrected chi connectivity index (χ2v) is 9.61. The van der Waals surface area contributed by atoms with Crippen molar-refractivity contribution in [2.45, 2.75) is 37.4 Å². The summed E-state index contributed by atoms with van der Waals surface area (Å²) in [6.45, 7) is 0.967. The number of hydrogen-bond donors (Lipinski definition) is 2. The summed E-state index contributed by atoms with van der Waals surface area (Å²) >= 11 is 0.823. The van der Waals surface area contributed by atoms with Crippen molar-refractivity contribution in [1.29, 1.82) is 0 Å². The Balaban J connectivity index is 1.41. The topological polar surface area (TPSA) is 91.5 Å². The number of H-pyrrole nitrogens is 1. The second-order valence-electron chi connectivity index (χ2n) is 8.60. The van der Waals surface area contributed by atoms with Gasteiger partial charge in [0.2, 0.25) is 0 Å². The van der Waals surface area contributed by atoms with Crippen LogP contribution >= 0.6 is 11.3 Å². The molecule has 0 bridgehead atoms. The summed E-state index contributed by atoms with van der Waals surface area (Å²) in [6.07, 6.45) is -1.89. The Kier molecular flexibility index (Phi) is 5.68. The number of hydrogen-bond acceptors (Lipinski definition) is 6. The summed E-state index contributed by atoms with van der Waals surface area (Å²) in [4.78, 5) is 43.2. The molecule has 178 valence electrons. The van der Waals surface area contributed by atoms with Gasteiger partial charge in [-0.15, -0.1) is 5.06 Å². The number of aromatic amines is 1. The summed E-state index contributed by atoms with van der Waals surface area (Å²) in [6, 6.07) is 11.0. The normalized spacial score (nSPS) is 19.7. The van der Waals surface area contributed by atoms with E-state index in [1.807, 2.05) is 6.07 Å². The highest BCUT2D eigenvalue weighted by Gasteiger charge is 2.44. The van der Waals surface area contributed by atoms with Gasteiger partial charge in [0.05, 0.1) is 15.9 Å². The van der Waals surface area contributed by atoms with Crippen LogP contribution in [0.1, 0.15) is 41.1 Å². The minimum Gasteiger partial charge on any atom is -0.324 e. The van der Waals surface area contributed by atoms with E-state index in [4.69, 9.17) is 0 Å². The summed E-state index contributed by atoms with van der Waals surface area (Å²) < 4.78 is 39.2. The monoisotopic (exact) mass is 491 g/mol. The molecule has 0 aliphatic heterocycles. The molecule has 2 aromatic carbocycles. The highest BCUT2D eigenvalue weighted by atomic mass is 32.1. The quantitative estimate of drug-likeness (QED) is 0.507. The molecular weight excluding hydrogens is 471 g/mol. The summed E-state index contributed by atoms with van der Waals surface area (Å²) in [5, 5.41) is 3.84. The van der Waals surface area contributed by atoms with Gasteiger partial charge in [-0.05, 0) is 67.6 Å². The predicted octanol–water partition coefficient (Wildman–Crippen LogP) is 4.11. The molecule has 2 N–H and O–H groups in total. The third-order valence-corrected chi connectivity index (χ3v) is 6.79. The lowest BCUT2D eigenvalue weighted by Crippen LogP contribution is -2.38. The van der Waals surface area contributed by atoms with E-state index in [2.05, 4.69) is 15.1 Å². The molecule has 5 rings (SSSR count). The van der Waals surface area contributed by atoms with Gasteiger partial charge in [-0.25, -0.2) is 4.79 Å². The van der Waals surface area contributed by atoms with Crippen LogP contribution in [0.4, 0.5) is 18.9 Å². The smallest absolute Gasteiger partial charge is 0.324 e. The van der Waals surface area contributed by atoms with E-state index >= 15 is 0 Å². The predicted molar refractivity (Wildman–Crippen MR) is 120 cm³/mol. The molecule has 1 heterocycles. The molecular formula is C23H20F3N3O4S. The molecule has 2 fully saturated rings. The van der Waals surface area contributed by atoms with E-state index in [1.165, 1.54) is 37.1 Å². The molecule has 2 unspecified atom stereocenters. The molecule has 7 nitrogen and oxygen atoms in total. The Morgan fingerprint density at radius 2 is 1.97 bits per heavy atom. The first-order valence-electron chi connectivity index (χ1n) is 10.8. The molecule has 3 aromatic rings.